The standard InChI is InChI=1S/C14H18N2O2S/c1-14(2,3)12-7-16(4-5-18-12)13(17)11-9-19-8-10(11)6-15/h8-9,12H,4-5,7H2,1-3H3. The highest BCUT2D eigenvalue weighted by Gasteiger charge is 2.33. The van der Waals surface area contributed by atoms with E-state index < -0.39 is 0 Å². The van der Waals surface area contributed by atoms with E-state index in [1.54, 1.807) is 15.7 Å². The zero-order valence-corrected chi connectivity index (χ0v) is 12.3. The van der Waals surface area contributed by atoms with Gasteiger partial charge in [-0.3, -0.25) is 4.79 Å². The van der Waals surface area contributed by atoms with Gasteiger partial charge >= 0.3 is 0 Å². The smallest absolute Gasteiger partial charge is 0.256 e. The Morgan fingerprint density at radius 3 is 2.89 bits per heavy atom. The number of hydrogen-bond donors (Lipinski definition) is 0. The number of thiophene rings is 1. The number of carbonyl (C=O) groups is 1. The van der Waals surface area contributed by atoms with Crippen LogP contribution in [0, 0.1) is 16.7 Å². The number of morpholine rings is 1. The molecule has 4 nitrogen and oxygen atoms in total. The van der Waals surface area contributed by atoms with Crippen LogP contribution in [0.4, 0.5) is 0 Å². The molecule has 0 N–H and O–H groups in total. The SMILES string of the molecule is CC(C)(C)C1CN(C(=O)c2cscc2C#N)CCO1. The first kappa shape index (κ1) is 14.0. The number of nitrogens with zero attached hydrogens (tertiary/aromatic N) is 2. The Bertz CT molecular complexity index is 510. The van der Waals surface area contributed by atoms with Crippen LogP contribution in [-0.4, -0.2) is 36.6 Å². The third-order valence-corrected chi connectivity index (χ3v) is 4.08. The van der Waals surface area contributed by atoms with E-state index in [9.17, 15) is 4.79 Å². The van der Waals surface area contributed by atoms with Gasteiger partial charge in [0, 0.05) is 23.8 Å². The molecule has 1 atom stereocenters. The number of rotatable bonds is 1. The average Bonchev–Trinajstić information content (AvgIpc) is 2.85. The van der Waals surface area contributed by atoms with E-state index >= 15 is 0 Å². The lowest BCUT2D eigenvalue weighted by Gasteiger charge is -2.39. The summed E-state index contributed by atoms with van der Waals surface area (Å²) in [6, 6.07) is 2.07. The quantitative estimate of drug-likeness (QED) is 0.793. The van der Waals surface area contributed by atoms with Gasteiger partial charge in [-0.15, -0.1) is 0 Å². The third-order valence-electron chi connectivity index (χ3n) is 3.33. The summed E-state index contributed by atoms with van der Waals surface area (Å²) in [6.07, 6.45) is 0.0365. The Morgan fingerprint density at radius 1 is 1.53 bits per heavy atom. The second kappa shape index (κ2) is 5.32. The highest BCUT2D eigenvalue weighted by atomic mass is 32.1. The summed E-state index contributed by atoms with van der Waals surface area (Å²) in [7, 11) is 0. The van der Waals surface area contributed by atoms with Crippen molar-refractivity contribution >= 4 is 17.2 Å². The zero-order chi connectivity index (χ0) is 14.0. The summed E-state index contributed by atoms with van der Waals surface area (Å²) >= 11 is 1.39. The number of amides is 1. The molecule has 1 fully saturated rings. The molecule has 1 aliphatic heterocycles. The molecule has 0 spiro atoms. The van der Waals surface area contributed by atoms with Crippen LogP contribution in [0.15, 0.2) is 10.8 Å². The molecule has 102 valence electrons. The van der Waals surface area contributed by atoms with E-state index in [0.717, 1.165) is 0 Å². The lowest BCUT2D eigenvalue weighted by molar-refractivity contribution is -0.0706. The maximum absolute atomic E-state index is 12.4. The minimum atomic E-state index is -0.0599. The predicted octanol–water partition coefficient (Wildman–Crippen LogP) is 2.51. The average molecular weight is 278 g/mol. The van der Waals surface area contributed by atoms with Crippen LogP contribution in [0.25, 0.3) is 0 Å². The van der Waals surface area contributed by atoms with Gasteiger partial charge in [0.05, 0.1) is 23.8 Å². The first-order valence-corrected chi connectivity index (χ1v) is 7.25. The van der Waals surface area contributed by atoms with Crippen molar-refractivity contribution in [3.63, 3.8) is 0 Å². The highest BCUT2D eigenvalue weighted by Crippen LogP contribution is 2.26. The molecule has 0 bridgehead atoms. The lowest BCUT2D eigenvalue weighted by atomic mass is 9.88. The first-order chi connectivity index (χ1) is 8.93. The second-order valence-corrected chi connectivity index (χ2v) is 6.53. The Morgan fingerprint density at radius 2 is 2.26 bits per heavy atom. The minimum Gasteiger partial charge on any atom is -0.374 e. The lowest BCUT2D eigenvalue weighted by Crippen LogP contribution is -2.50. The molecule has 2 heterocycles. The number of nitriles is 1. The van der Waals surface area contributed by atoms with Crippen LogP contribution in [0.1, 0.15) is 36.7 Å². The predicted molar refractivity (Wildman–Crippen MR) is 74.1 cm³/mol. The van der Waals surface area contributed by atoms with E-state index in [1.165, 1.54) is 11.3 Å². The molecule has 1 saturated heterocycles. The van der Waals surface area contributed by atoms with Gasteiger partial charge in [0.1, 0.15) is 6.07 Å². The van der Waals surface area contributed by atoms with E-state index in [4.69, 9.17) is 10.00 Å². The summed E-state index contributed by atoms with van der Waals surface area (Å²) in [6.45, 7) is 8.06. The van der Waals surface area contributed by atoms with E-state index in [2.05, 4.69) is 26.8 Å². The van der Waals surface area contributed by atoms with E-state index in [-0.39, 0.29) is 17.4 Å². The van der Waals surface area contributed by atoms with Gasteiger partial charge in [0.2, 0.25) is 0 Å². The van der Waals surface area contributed by atoms with Gasteiger partial charge in [-0.05, 0) is 5.41 Å². The van der Waals surface area contributed by atoms with Crippen molar-refractivity contribution in [1.82, 2.24) is 4.90 Å². The molecule has 0 aromatic carbocycles. The van der Waals surface area contributed by atoms with Crippen LogP contribution in [0.3, 0.4) is 0 Å². The van der Waals surface area contributed by atoms with Crippen LogP contribution >= 0.6 is 11.3 Å². The Labute approximate surface area is 117 Å². The van der Waals surface area contributed by atoms with Gasteiger partial charge in [0.25, 0.3) is 5.91 Å². The van der Waals surface area contributed by atoms with Gasteiger partial charge in [0.15, 0.2) is 0 Å². The molecule has 0 saturated carbocycles. The monoisotopic (exact) mass is 278 g/mol. The summed E-state index contributed by atoms with van der Waals surface area (Å²) < 4.78 is 5.74. The highest BCUT2D eigenvalue weighted by molar-refractivity contribution is 7.08. The summed E-state index contributed by atoms with van der Waals surface area (Å²) in [5, 5.41) is 12.5. The molecule has 5 heteroatoms. The number of hydrogen-bond acceptors (Lipinski definition) is 4. The topological polar surface area (TPSA) is 53.3 Å². The fourth-order valence-electron chi connectivity index (χ4n) is 2.08. The van der Waals surface area contributed by atoms with Crippen LogP contribution in [0.2, 0.25) is 0 Å². The first-order valence-electron chi connectivity index (χ1n) is 6.30. The Hall–Kier alpha value is -1.38. The largest absolute Gasteiger partial charge is 0.374 e. The fraction of sp³-hybridized carbons (Fsp3) is 0.571. The Balaban J connectivity index is 2.14. The molecule has 1 aromatic heterocycles. The van der Waals surface area contributed by atoms with Gasteiger partial charge in [-0.1, -0.05) is 20.8 Å². The maximum atomic E-state index is 12.4. The molecule has 1 aromatic rings. The normalized spacial score (nSPS) is 20.1. The van der Waals surface area contributed by atoms with Crippen LogP contribution in [-0.2, 0) is 4.74 Å². The third kappa shape index (κ3) is 2.96. The molecular formula is C14H18N2O2S. The number of carbonyl (C=O) groups excluding carboxylic acids is 1. The van der Waals surface area contributed by atoms with Crippen molar-refractivity contribution in [2.75, 3.05) is 19.7 Å². The molecule has 0 aliphatic carbocycles. The van der Waals surface area contributed by atoms with E-state index in [1.807, 2.05) is 0 Å². The molecule has 19 heavy (non-hydrogen) atoms. The van der Waals surface area contributed by atoms with Gasteiger partial charge in [-0.2, -0.15) is 16.6 Å². The number of ether oxygens (including phenoxy) is 1. The van der Waals surface area contributed by atoms with E-state index in [0.29, 0.717) is 30.8 Å². The summed E-state index contributed by atoms with van der Waals surface area (Å²) in [4.78, 5) is 14.2. The van der Waals surface area contributed by atoms with Gasteiger partial charge in [-0.25, -0.2) is 0 Å². The Kier molecular flexibility index (Phi) is 3.93. The van der Waals surface area contributed by atoms with Crippen molar-refractivity contribution in [3.8, 4) is 6.07 Å². The van der Waals surface area contributed by atoms with Crippen molar-refractivity contribution in [2.45, 2.75) is 26.9 Å². The minimum absolute atomic E-state index is 0.00561. The maximum Gasteiger partial charge on any atom is 0.256 e. The molecule has 1 unspecified atom stereocenters. The van der Waals surface area contributed by atoms with Crippen LogP contribution < -0.4 is 0 Å². The van der Waals surface area contributed by atoms with Crippen molar-refractivity contribution in [1.29, 1.82) is 5.26 Å². The molecule has 0 radical (unpaired) electrons. The van der Waals surface area contributed by atoms with Crippen molar-refractivity contribution in [3.05, 3.63) is 21.9 Å². The molecule has 1 aliphatic rings. The van der Waals surface area contributed by atoms with Crippen LogP contribution in [0.5, 0.6) is 0 Å². The molecule has 1 amide bonds. The van der Waals surface area contributed by atoms with Crippen molar-refractivity contribution < 1.29 is 9.53 Å². The summed E-state index contributed by atoms with van der Waals surface area (Å²) in [5.41, 5.74) is 0.988. The fourth-order valence-corrected chi connectivity index (χ4v) is 2.82. The van der Waals surface area contributed by atoms with Gasteiger partial charge < -0.3 is 9.64 Å². The molecular weight excluding hydrogens is 260 g/mol. The van der Waals surface area contributed by atoms with Crippen molar-refractivity contribution in [2.24, 2.45) is 5.41 Å². The zero-order valence-electron chi connectivity index (χ0n) is 11.5. The summed E-state index contributed by atoms with van der Waals surface area (Å²) in [5.74, 6) is -0.0599. The molecule has 2 rings (SSSR count). The second-order valence-electron chi connectivity index (χ2n) is 5.79.